The van der Waals surface area contributed by atoms with Crippen molar-refractivity contribution in [2.45, 2.75) is 51.2 Å². The zero-order valence-electron chi connectivity index (χ0n) is 11.0. The fraction of sp³-hybridized carbons (Fsp3) is 0.600. The Morgan fingerprint density at radius 1 is 1.44 bits per heavy atom. The van der Waals surface area contributed by atoms with Crippen molar-refractivity contribution in [1.29, 1.82) is 0 Å². The number of hydrogen-bond donors (Lipinski definition) is 2. The Kier molecular flexibility index (Phi) is 5.22. The lowest BCUT2D eigenvalue weighted by Crippen LogP contribution is -2.39. The highest BCUT2D eigenvalue weighted by Crippen LogP contribution is 2.24. The largest absolute Gasteiger partial charge is 0.392 e. The van der Waals surface area contributed by atoms with Gasteiger partial charge in [-0.05, 0) is 48.9 Å². The summed E-state index contributed by atoms with van der Waals surface area (Å²) in [5.74, 6) is 0. The molecule has 100 valence electrons. The zero-order chi connectivity index (χ0) is 13.0. The molecule has 3 heteroatoms. The molecule has 0 amide bonds. The van der Waals surface area contributed by atoms with Gasteiger partial charge in [-0.1, -0.05) is 35.3 Å². The third-order valence-corrected chi connectivity index (χ3v) is 4.15. The normalized spacial score (nSPS) is 20.5. The highest BCUT2D eigenvalue weighted by atomic mass is 79.9. The molecule has 0 saturated carbocycles. The van der Waals surface area contributed by atoms with Crippen molar-refractivity contribution in [1.82, 2.24) is 5.32 Å². The molecule has 2 atom stereocenters. The van der Waals surface area contributed by atoms with E-state index in [0.717, 1.165) is 32.2 Å². The molecule has 0 heterocycles. The molecular formula is C15H22BrNO. The molecule has 1 aromatic carbocycles. The Morgan fingerprint density at radius 2 is 2.28 bits per heavy atom. The van der Waals surface area contributed by atoms with Crippen LogP contribution in [0.25, 0.3) is 0 Å². The molecule has 0 aromatic heterocycles. The number of hydrogen-bond acceptors (Lipinski definition) is 2. The summed E-state index contributed by atoms with van der Waals surface area (Å²) in [6.45, 7) is 2.84. The van der Waals surface area contributed by atoms with Crippen molar-refractivity contribution in [3.63, 3.8) is 0 Å². The van der Waals surface area contributed by atoms with Crippen molar-refractivity contribution < 1.29 is 5.11 Å². The second-order valence-electron chi connectivity index (χ2n) is 5.20. The van der Waals surface area contributed by atoms with E-state index in [1.165, 1.54) is 22.0 Å². The van der Waals surface area contributed by atoms with Crippen LogP contribution in [0.15, 0.2) is 22.7 Å². The van der Waals surface area contributed by atoms with Gasteiger partial charge >= 0.3 is 0 Å². The number of nitrogens with one attached hydrogen (secondary N) is 1. The third-order valence-electron chi connectivity index (χ3n) is 3.66. The highest BCUT2D eigenvalue weighted by molar-refractivity contribution is 9.10. The third kappa shape index (κ3) is 3.81. The van der Waals surface area contributed by atoms with Gasteiger partial charge in [0.1, 0.15) is 0 Å². The lowest BCUT2D eigenvalue weighted by atomic mass is 9.88. The van der Waals surface area contributed by atoms with Gasteiger partial charge in [-0.25, -0.2) is 0 Å². The molecule has 1 aliphatic carbocycles. The maximum absolute atomic E-state index is 9.74. The number of aliphatic hydroxyl groups excluding tert-OH is 1. The van der Waals surface area contributed by atoms with Gasteiger partial charge in [-0.15, -0.1) is 0 Å². The average molecular weight is 312 g/mol. The second-order valence-corrected chi connectivity index (χ2v) is 6.12. The van der Waals surface area contributed by atoms with Crippen LogP contribution in [-0.4, -0.2) is 23.8 Å². The fourth-order valence-electron chi connectivity index (χ4n) is 2.64. The first-order valence-electron chi connectivity index (χ1n) is 6.87. The molecule has 2 nitrogen and oxygen atoms in total. The molecule has 0 radical (unpaired) electrons. The van der Waals surface area contributed by atoms with Crippen LogP contribution in [-0.2, 0) is 12.8 Å². The molecule has 18 heavy (non-hydrogen) atoms. The van der Waals surface area contributed by atoms with Gasteiger partial charge in [0, 0.05) is 17.1 Å². The van der Waals surface area contributed by atoms with E-state index in [-0.39, 0.29) is 6.10 Å². The molecule has 2 N–H and O–H groups in total. The van der Waals surface area contributed by atoms with Crippen LogP contribution in [0.3, 0.4) is 0 Å². The average Bonchev–Trinajstić information content (AvgIpc) is 2.36. The summed E-state index contributed by atoms with van der Waals surface area (Å²) < 4.78 is 1.17. The second kappa shape index (κ2) is 6.69. The van der Waals surface area contributed by atoms with Crippen LogP contribution in [0.1, 0.15) is 37.3 Å². The molecule has 1 aliphatic rings. The van der Waals surface area contributed by atoms with E-state index in [0.29, 0.717) is 6.04 Å². The molecule has 0 fully saturated rings. The lowest BCUT2D eigenvalue weighted by molar-refractivity contribution is 0.155. The van der Waals surface area contributed by atoms with Crippen molar-refractivity contribution in [3.05, 3.63) is 33.8 Å². The van der Waals surface area contributed by atoms with Gasteiger partial charge in [0.25, 0.3) is 0 Å². The minimum Gasteiger partial charge on any atom is -0.392 e. The SMILES string of the molecule is CCCC(O)CNC1CCc2cc(Br)ccc2C1. The maximum atomic E-state index is 9.74. The Labute approximate surface area is 118 Å². The molecule has 1 aromatic rings. The molecule has 2 unspecified atom stereocenters. The molecule has 2 rings (SSSR count). The zero-order valence-corrected chi connectivity index (χ0v) is 12.5. The number of fused-ring (bicyclic) bond motifs is 1. The molecule has 0 spiro atoms. The number of aliphatic hydroxyl groups is 1. The van der Waals surface area contributed by atoms with E-state index >= 15 is 0 Å². The van der Waals surface area contributed by atoms with E-state index in [1.807, 2.05) is 0 Å². The summed E-state index contributed by atoms with van der Waals surface area (Å²) in [5, 5.41) is 13.2. The van der Waals surface area contributed by atoms with Gasteiger partial charge in [0.05, 0.1) is 6.10 Å². The van der Waals surface area contributed by atoms with Gasteiger partial charge in [0.2, 0.25) is 0 Å². The predicted molar refractivity (Wildman–Crippen MR) is 78.9 cm³/mol. The summed E-state index contributed by atoms with van der Waals surface area (Å²) in [4.78, 5) is 0. The predicted octanol–water partition coefficient (Wildman–Crippen LogP) is 3.06. The Bertz CT molecular complexity index is 394. The standard InChI is InChI=1S/C15H22BrNO/c1-2-3-15(18)10-17-14-7-5-11-8-13(16)6-4-12(11)9-14/h4,6,8,14-15,17-18H,2-3,5,7,9-10H2,1H3. The maximum Gasteiger partial charge on any atom is 0.0664 e. The Morgan fingerprint density at radius 3 is 3.06 bits per heavy atom. The quantitative estimate of drug-likeness (QED) is 0.876. The van der Waals surface area contributed by atoms with E-state index in [4.69, 9.17) is 0 Å². The van der Waals surface area contributed by atoms with Gasteiger partial charge in [-0.2, -0.15) is 0 Å². The van der Waals surface area contributed by atoms with Crippen molar-refractivity contribution in [2.24, 2.45) is 0 Å². The van der Waals surface area contributed by atoms with Crippen molar-refractivity contribution in [2.75, 3.05) is 6.54 Å². The molecule has 0 bridgehead atoms. The van der Waals surface area contributed by atoms with E-state index < -0.39 is 0 Å². The van der Waals surface area contributed by atoms with Crippen molar-refractivity contribution in [3.8, 4) is 0 Å². The minimum absolute atomic E-state index is 0.193. The smallest absolute Gasteiger partial charge is 0.0664 e. The topological polar surface area (TPSA) is 32.3 Å². The number of halogens is 1. The minimum atomic E-state index is -0.193. The Hall–Kier alpha value is -0.380. The van der Waals surface area contributed by atoms with Gasteiger partial charge in [0.15, 0.2) is 0 Å². The van der Waals surface area contributed by atoms with Gasteiger partial charge < -0.3 is 10.4 Å². The van der Waals surface area contributed by atoms with Crippen LogP contribution in [0.5, 0.6) is 0 Å². The van der Waals surface area contributed by atoms with Crippen LogP contribution in [0.4, 0.5) is 0 Å². The van der Waals surface area contributed by atoms with Crippen molar-refractivity contribution >= 4 is 15.9 Å². The van der Waals surface area contributed by atoms with Crippen LogP contribution >= 0.6 is 15.9 Å². The fourth-order valence-corrected chi connectivity index (χ4v) is 3.04. The summed E-state index contributed by atoms with van der Waals surface area (Å²) >= 11 is 3.52. The lowest BCUT2D eigenvalue weighted by Gasteiger charge is -2.26. The summed E-state index contributed by atoms with van der Waals surface area (Å²) in [5.41, 5.74) is 2.92. The number of benzene rings is 1. The summed E-state index contributed by atoms with van der Waals surface area (Å²) in [7, 11) is 0. The monoisotopic (exact) mass is 311 g/mol. The van der Waals surface area contributed by atoms with Crippen LogP contribution < -0.4 is 5.32 Å². The van der Waals surface area contributed by atoms with Crippen LogP contribution in [0, 0.1) is 0 Å². The number of rotatable bonds is 5. The summed E-state index contributed by atoms with van der Waals surface area (Å²) in [6.07, 6.45) is 5.13. The first-order valence-corrected chi connectivity index (χ1v) is 7.67. The first-order chi connectivity index (χ1) is 8.69. The van der Waals surface area contributed by atoms with Gasteiger partial charge in [-0.3, -0.25) is 0 Å². The highest BCUT2D eigenvalue weighted by Gasteiger charge is 2.18. The van der Waals surface area contributed by atoms with E-state index in [1.54, 1.807) is 0 Å². The number of aryl methyl sites for hydroxylation is 1. The molecule has 0 saturated heterocycles. The Balaban J connectivity index is 1.86. The molecule has 0 aliphatic heterocycles. The molecular weight excluding hydrogens is 290 g/mol. The first kappa shape index (κ1) is 14.0. The summed E-state index contributed by atoms with van der Waals surface area (Å²) in [6, 6.07) is 7.09. The van der Waals surface area contributed by atoms with E-state index in [9.17, 15) is 5.11 Å². The van der Waals surface area contributed by atoms with Crippen LogP contribution in [0.2, 0.25) is 0 Å². The van der Waals surface area contributed by atoms with E-state index in [2.05, 4.69) is 46.4 Å².